The number of ketones is 1. The molecular weight excluding hydrogens is 318 g/mol. The van der Waals surface area contributed by atoms with Crippen molar-refractivity contribution in [2.45, 2.75) is 13.3 Å². The molecule has 0 aliphatic rings. The first kappa shape index (κ1) is 16.7. The summed E-state index contributed by atoms with van der Waals surface area (Å²) in [6.45, 7) is 1.50. The summed E-state index contributed by atoms with van der Waals surface area (Å²) in [6, 6.07) is 12.3. The maximum atomic E-state index is 12.2. The zero-order valence-electron chi connectivity index (χ0n) is 14.4. The fourth-order valence-corrected chi connectivity index (χ4v) is 2.84. The molecule has 0 bridgehead atoms. The fourth-order valence-electron chi connectivity index (χ4n) is 2.84. The molecule has 6 heteroatoms. The quantitative estimate of drug-likeness (QED) is 0.742. The summed E-state index contributed by atoms with van der Waals surface area (Å²) in [5, 5.41) is 2.81. The molecule has 3 aromatic rings. The molecule has 0 aliphatic carbocycles. The van der Waals surface area contributed by atoms with Gasteiger partial charge in [0.1, 0.15) is 0 Å². The minimum Gasteiger partial charge on any atom is -0.326 e. The topological polar surface area (TPSA) is 73.1 Å². The molecule has 6 nitrogen and oxygen atoms in total. The van der Waals surface area contributed by atoms with Crippen molar-refractivity contribution >= 4 is 28.4 Å². The number of anilines is 1. The van der Waals surface area contributed by atoms with Crippen LogP contribution in [0.4, 0.5) is 5.69 Å². The summed E-state index contributed by atoms with van der Waals surface area (Å²) in [4.78, 5) is 35.5. The lowest BCUT2D eigenvalue weighted by Crippen LogP contribution is -2.19. The van der Waals surface area contributed by atoms with E-state index in [0.717, 1.165) is 16.6 Å². The van der Waals surface area contributed by atoms with E-state index >= 15 is 0 Å². The Bertz CT molecular complexity index is 1030. The number of Topliss-reactive ketones (excluding diaryl/α,β-unsaturated/α-hetero) is 1. The smallest absolute Gasteiger partial charge is 0.326 e. The standard InChI is InChI=1S/C19H19N3O3/c1-12(23)14-5-7-15(8-6-14)20-18(24)11-13-4-9-16-17(10-13)22(3)19(25)21(16)2/h4-10H,11H2,1-3H3,(H,20,24). The fraction of sp³-hybridized carbons (Fsp3) is 0.211. The second kappa shape index (κ2) is 6.39. The maximum Gasteiger partial charge on any atom is 0.328 e. The first-order valence-electron chi connectivity index (χ1n) is 7.92. The number of carbonyl (C=O) groups is 2. The van der Waals surface area contributed by atoms with Crippen molar-refractivity contribution in [3.63, 3.8) is 0 Å². The molecule has 0 atom stereocenters. The molecule has 0 unspecified atom stereocenters. The number of hydrogen-bond donors (Lipinski definition) is 1. The Hall–Kier alpha value is -3.15. The van der Waals surface area contributed by atoms with E-state index in [1.54, 1.807) is 47.5 Å². The third-order valence-corrected chi connectivity index (χ3v) is 4.28. The largest absolute Gasteiger partial charge is 0.328 e. The number of aromatic nitrogens is 2. The van der Waals surface area contributed by atoms with Crippen molar-refractivity contribution in [3.8, 4) is 0 Å². The highest BCUT2D eigenvalue weighted by molar-refractivity contribution is 5.96. The van der Waals surface area contributed by atoms with Gasteiger partial charge in [-0.3, -0.25) is 18.7 Å². The molecule has 2 aromatic carbocycles. The molecule has 0 saturated carbocycles. The molecule has 0 aliphatic heterocycles. The average Bonchev–Trinajstić information content (AvgIpc) is 2.79. The normalized spacial score (nSPS) is 10.8. The molecule has 128 valence electrons. The van der Waals surface area contributed by atoms with Gasteiger partial charge in [0, 0.05) is 25.3 Å². The molecular formula is C19H19N3O3. The van der Waals surface area contributed by atoms with Crippen LogP contribution < -0.4 is 11.0 Å². The third-order valence-electron chi connectivity index (χ3n) is 4.28. The molecule has 3 rings (SSSR count). The molecule has 0 spiro atoms. The molecule has 1 aromatic heterocycles. The van der Waals surface area contributed by atoms with E-state index < -0.39 is 0 Å². The molecule has 1 N–H and O–H groups in total. The molecule has 1 amide bonds. The minimum atomic E-state index is -0.157. The van der Waals surface area contributed by atoms with Gasteiger partial charge in [-0.25, -0.2) is 4.79 Å². The first-order valence-corrected chi connectivity index (χ1v) is 7.92. The van der Waals surface area contributed by atoms with Gasteiger partial charge in [-0.1, -0.05) is 6.07 Å². The van der Waals surface area contributed by atoms with Gasteiger partial charge < -0.3 is 5.32 Å². The lowest BCUT2D eigenvalue weighted by Gasteiger charge is -2.06. The van der Waals surface area contributed by atoms with Crippen LogP contribution in [0.25, 0.3) is 11.0 Å². The Morgan fingerprint density at radius 2 is 1.60 bits per heavy atom. The lowest BCUT2D eigenvalue weighted by atomic mass is 10.1. The number of aryl methyl sites for hydroxylation is 2. The summed E-state index contributed by atoms with van der Waals surface area (Å²) < 4.78 is 3.15. The van der Waals surface area contributed by atoms with Crippen molar-refractivity contribution < 1.29 is 9.59 Å². The predicted molar refractivity (Wildman–Crippen MR) is 96.9 cm³/mol. The van der Waals surface area contributed by atoms with Crippen molar-refractivity contribution in [2.24, 2.45) is 14.1 Å². The van der Waals surface area contributed by atoms with E-state index in [1.807, 2.05) is 18.2 Å². The van der Waals surface area contributed by atoms with Gasteiger partial charge in [-0.2, -0.15) is 0 Å². The second-order valence-electron chi connectivity index (χ2n) is 6.08. The summed E-state index contributed by atoms with van der Waals surface area (Å²) in [6.07, 6.45) is 0.202. The molecule has 25 heavy (non-hydrogen) atoms. The Labute approximate surface area is 144 Å². The highest BCUT2D eigenvalue weighted by Gasteiger charge is 2.10. The van der Waals surface area contributed by atoms with Crippen molar-refractivity contribution in [2.75, 3.05) is 5.32 Å². The van der Waals surface area contributed by atoms with Crippen LogP contribution in [0.1, 0.15) is 22.8 Å². The Balaban J connectivity index is 1.76. The predicted octanol–water partition coefficient (Wildman–Crippen LogP) is 2.26. The van der Waals surface area contributed by atoms with Crippen molar-refractivity contribution in [1.29, 1.82) is 0 Å². The van der Waals surface area contributed by atoms with Crippen LogP contribution in [-0.2, 0) is 25.3 Å². The van der Waals surface area contributed by atoms with Gasteiger partial charge in [-0.15, -0.1) is 0 Å². The van der Waals surface area contributed by atoms with Gasteiger partial charge in [0.2, 0.25) is 5.91 Å². The van der Waals surface area contributed by atoms with Gasteiger partial charge in [0.05, 0.1) is 17.5 Å². The van der Waals surface area contributed by atoms with Gasteiger partial charge in [0.25, 0.3) is 0 Å². The molecule has 1 heterocycles. The number of nitrogens with zero attached hydrogens (tertiary/aromatic N) is 2. The molecule has 0 fully saturated rings. The SMILES string of the molecule is CC(=O)c1ccc(NC(=O)Cc2ccc3c(c2)n(C)c(=O)n3C)cc1. The highest BCUT2D eigenvalue weighted by Crippen LogP contribution is 2.15. The number of fused-ring (bicyclic) bond motifs is 1. The number of nitrogens with one attached hydrogen (secondary N) is 1. The van der Waals surface area contributed by atoms with E-state index in [-0.39, 0.29) is 23.8 Å². The Morgan fingerprint density at radius 1 is 0.960 bits per heavy atom. The minimum absolute atomic E-state index is 0.0142. The zero-order valence-corrected chi connectivity index (χ0v) is 14.4. The van der Waals surface area contributed by atoms with Crippen LogP contribution >= 0.6 is 0 Å². The maximum absolute atomic E-state index is 12.2. The summed E-state index contributed by atoms with van der Waals surface area (Å²) >= 11 is 0. The number of carbonyl (C=O) groups excluding carboxylic acids is 2. The van der Waals surface area contributed by atoms with Gasteiger partial charge in [0.15, 0.2) is 5.78 Å². The summed E-state index contributed by atoms with van der Waals surface area (Å²) in [7, 11) is 3.44. The van der Waals surface area contributed by atoms with E-state index in [2.05, 4.69) is 5.32 Å². The number of imidazole rings is 1. The average molecular weight is 337 g/mol. The first-order chi connectivity index (χ1) is 11.9. The van der Waals surface area contributed by atoms with E-state index in [1.165, 1.54) is 6.92 Å². The van der Waals surface area contributed by atoms with Crippen LogP contribution in [0.2, 0.25) is 0 Å². The summed E-state index contributed by atoms with van der Waals surface area (Å²) in [5.74, 6) is -0.171. The summed E-state index contributed by atoms with van der Waals surface area (Å²) in [5.41, 5.74) is 3.60. The van der Waals surface area contributed by atoms with Crippen molar-refractivity contribution in [1.82, 2.24) is 9.13 Å². The lowest BCUT2D eigenvalue weighted by molar-refractivity contribution is -0.115. The van der Waals surface area contributed by atoms with E-state index in [9.17, 15) is 14.4 Å². The van der Waals surface area contributed by atoms with Gasteiger partial charge in [-0.05, 0) is 48.9 Å². The zero-order chi connectivity index (χ0) is 18.1. The van der Waals surface area contributed by atoms with Crippen molar-refractivity contribution in [3.05, 3.63) is 64.1 Å². The highest BCUT2D eigenvalue weighted by atomic mass is 16.2. The van der Waals surface area contributed by atoms with E-state index in [4.69, 9.17) is 0 Å². The van der Waals surface area contributed by atoms with E-state index in [0.29, 0.717) is 11.3 Å². The van der Waals surface area contributed by atoms with Gasteiger partial charge >= 0.3 is 5.69 Å². The number of hydrogen-bond acceptors (Lipinski definition) is 3. The number of rotatable bonds is 4. The third kappa shape index (κ3) is 3.24. The van der Waals surface area contributed by atoms with Crippen LogP contribution in [0.5, 0.6) is 0 Å². The van der Waals surface area contributed by atoms with Crippen LogP contribution in [0, 0.1) is 0 Å². The molecule has 0 radical (unpaired) electrons. The second-order valence-corrected chi connectivity index (χ2v) is 6.08. The van der Waals surface area contributed by atoms with Crippen LogP contribution in [0.3, 0.4) is 0 Å². The number of benzene rings is 2. The monoisotopic (exact) mass is 337 g/mol. The Morgan fingerprint density at radius 3 is 2.24 bits per heavy atom. The molecule has 0 saturated heterocycles. The number of amides is 1. The van der Waals surface area contributed by atoms with Crippen LogP contribution in [0.15, 0.2) is 47.3 Å². The Kier molecular flexibility index (Phi) is 4.27. The van der Waals surface area contributed by atoms with Crippen LogP contribution in [-0.4, -0.2) is 20.8 Å².